The number of allylic oxidation sites excluding steroid dienone is 3. The summed E-state index contributed by atoms with van der Waals surface area (Å²) >= 11 is 0. The fraction of sp³-hybridized carbons (Fsp3) is 0.255. The van der Waals surface area contributed by atoms with Crippen molar-refractivity contribution in [3.63, 3.8) is 0 Å². The summed E-state index contributed by atoms with van der Waals surface area (Å²) in [5, 5.41) is 52.2. The van der Waals surface area contributed by atoms with Crippen molar-refractivity contribution in [1.82, 2.24) is 0 Å². The van der Waals surface area contributed by atoms with E-state index in [4.69, 9.17) is 6.57 Å². The Balaban J connectivity index is 1.66. The van der Waals surface area contributed by atoms with Gasteiger partial charge in [0.1, 0.15) is 24.6 Å². The zero-order chi connectivity index (χ0) is 38.1. The lowest BCUT2D eigenvalue weighted by molar-refractivity contribution is -0.527. The molecule has 0 heterocycles. The summed E-state index contributed by atoms with van der Waals surface area (Å²) in [6.07, 6.45) is 3.71. The van der Waals surface area contributed by atoms with Crippen LogP contribution in [0.1, 0.15) is 81.2 Å². The minimum Gasteiger partial charge on any atom is -0.872 e. The van der Waals surface area contributed by atoms with Crippen molar-refractivity contribution in [3.8, 4) is 17.6 Å². The lowest BCUT2D eigenvalue weighted by Gasteiger charge is -2.41. The van der Waals surface area contributed by atoms with Crippen molar-refractivity contribution in [1.29, 1.82) is 5.26 Å². The Morgan fingerprint density at radius 1 is 0.704 bits per heavy atom. The Morgan fingerprint density at radius 3 is 1.94 bits per heavy atom. The number of nitrogens with zero attached hydrogens (tertiary/aromatic N) is 4. The molecule has 2 aliphatic carbocycles. The van der Waals surface area contributed by atoms with Crippen LogP contribution in [0.3, 0.4) is 0 Å². The quantitative estimate of drug-likeness (QED) is 0.0639. The molecule has 2 N–H and O–H groups in total. The Morgan fingerprint density at radius 2 is 1.30 bits per heavy atom. The smallest absolute Gasteiger partial charge is 0.270 e. The minimum absolute atomic E-state index is 0.0155. The predicted octanol–water partition coefficient (Wildman–Crippen LogP) is 9.30. The average molecular weight is 713 g/mol. The lowest BCUT2D eigenvalue weighted by Crippen LogP contribution is -2.31. The molecule has 0 saturated heterocycles. The molecule has 270 valence electrons. The molecule has 5 aromatic rings. The van der Waals surface area contributed by atoms with E-state index >= 15 is 5.11 Å². The van der Waals surface area contributed by atoms with E-state index in [2.05, 4.69) is 48.1 Å². The van der Waals surface area contributed by atoms with Gasteiger partial charge in [-0.2, -0.15) is 0 Å². The second-order valence-corrected chi connectivity index (χ2v) is 13.9. The van der Waals surface area contributed by atoms with Gasteiger partial charge in [0.15, 0.2) is 0 Å². The highest BCUT2D eigenvalue weighted by molar-refractivity contribution is 6.26. The predicted molar refractivity (Wildman–Crippen MR) is 216 cm³/mol. The Kier molecular flexibility index (Phi) is 10.00. The highest BCUT2D eigenvalue weighted by Gasteiger charge is 2.40. The highest BCUT2D eigenvalue weighted by atomic mass is 16.3. The number of anilines is 1. The molecule has 0 saturated carbocycles. The Hall–Kier alpha value is -6.31. The largest absolute Gasteiger partial charge is 0.872 e. The van der Waals surface area contributed by atoms with Crippen molar-refractivity contribution in [2.45, 2.75) is 53.4 Å². The van der Waals surface area contributed by atoms with Crippen LogP contribution in [0, 0.1) is 17.9 Å². The molecule has 0 fully saturated rings. The number of benzene rings is 5. The summed E-state index contributed by atoms with van der Waals surface area (Å²) in [5.74, 6) is -0.312. The molecule has 0 aromatic heterocycles. The van der Waals surface area contributed by atoms with Gasteiger partial charge in [-0.25, -0.2) is 14.7 Å². The molecular formula is C47H44N4O3. The number of phenols is 2. The minimum atomic E-state index is -0.343. The summed E-state index contributed by atoms with van der Waals surface area (Å²) in [6.45, 7) is 20.0. The molecule has 0 amide bonds. The molecule has 5 aromatic carbocycles. The number of aromatic hydroxyl groups is 2. The number of nitriles is 1. The zero-order valence-electron chi connectivity index (χ0n) is 31.3. The van der Waals surface area contributed by atoms with Crippen molar-refractivity contribution in [3.05, 3.63) is 147 Å². The molecule has 7 nitrogen and oxygen atoms in total. The van der Waals surface area contributed by atoms with Crippen LogP contribution in [0.5, 0.6) is 11.5 Å². The summed E-state index contributed by atoms with van der Waals surface area (Å²) in [5.41, 5.74) is 6.42. The van der Waals surface area contributed by atoms with Crippen molar-refractivity contribution < 1.29 is 19.9 Å². The topological polar surface area (TPSA) is 97.9 Å². The van der Waals surface area contributed by atoms with Crippen molar-refractivity contribution >= 4 is 44.1 Å². The van der Waals surface area contributed by atoms with Gasteiger partial charge in [0.25, 0.3) is 5.70 Å². The molecule has 0 aliphatic heterocycles. The van der Waals surface area contributed by atoms with Gasteiger partial charge in [0.2, 0.25) is 5.71 Å². The standard InChI is InChI=1S/C47H44N4O3/c1-6-24-50(25-7-2)45-31-18-12-10-16-29(31)40(38-33(45)20-14-22-36(38)52)43-42(35(28-48)49-5)44(47(43)54)41-30-17-11-13-19-32(30)46(51(26-8-3)27-9-4)34-21-15-23-37(53)39(34)41/h10-23H,6-9,24-27H2,1-4H3,(H2-,52,53,54). The van der Waals surface area contributed by atoms with Crippen LogP contribution in [-0.4, -0.2) is 46.7 Å². The fourth-order valence-corrected chi connectivity index (χ4v) is 8.59. The maximum atomic E-state index is 15.2. The number of phenolic OH excluding ortho intramolecular Hbond substituents is 2. The van der Waals surface area contributed by atoms with E-state index in [1.807, 2.05) is 72.8 Å². The third-order valence-corrected chi connectivity index (χ3v) is 10.5. The summed E-state index contributed by atoms with van der Waals surface area (Å²) in [6, 6.07) is 28.8. The fourth-order valence-electron chi connectivity index (χ4n) is 8.59. The molecule has 7 heteroatoms. The number of fused-ring (bicyclic) bond motifs is 4. The van der Waals surface area contributed by atoms with E-state index in [-0.39, 0.29) is 39.7 Å². The average Bonchev–Trinajstić information content (AvgIpc) is 3.18. The van der Waals surface area contributed by atoms with Crippen LogP contribution < -0.4 is 10.0 Å². The lowest BCUT2D eigenvalue weighted by atomic mass is 9.69. The van der Waals surface area contributed by atoms with Gasteiger partial charge >= 0.3 is 0 Å². The monoisotopic (exact) mass is 712 g/mol. The van der Waals surface area contributed by atoms with Crippen LogP contribution in [0.2, 0.25) is 0 Å². The van der Waals surface area contributed by atoms with Crippen molar-refractivity contribution in [2.24, 2.45) is 0 Å². The van der Waals surface area contributed by atoms with E-state index in [1.54, 1.807) is 12.1 Å². The second-order valence-electron chi connectivity index (χ2n) is 13.9. The van der Waals surface area contributed by atoms with E-state index in [1.165, 1.54) is 0 Å². The van der Waals surface area contributed by atoms with Crippen LogP contribution in [0.4, 0.5) is 5.69 Å². The normalized spacial score (nSPS) is 15.7. The first-order valence-electron chi connectivity index (χ1n) is 19.0. The first-order chi connectivity index (χ1) is 26.4. The third-order valence-electron chi connectivity index (χ3n) is 10.5. The first-order valence-corrected chi connectivity index (χ1v) is 19.0. The zero-order valence-corrected chi connectivity index (χ0v) is 31.3. The number of hydrogen-bond acceptors (Lipinski definition) is 5. The van der Waals surface area contributed by atoms with Gasteiger partial charge in [0.05, 0.1) is 29.5 Å². The maximum Gasteiger partial charge on any atom is 0.270 e. The summed E-state index contributed by atoms with van der Waals surface area (Å²) in [4.78, 5) is 6.05. The first kappa shape index (κ1) is 36.1. The molecule has 0 radical (unpaired) electrons. The van der Waals surface area contributed by atoms with E-state index < -0.39 is 0 Å². The molecule has 0 atom stereocenters. The molecule has 54 heavy (non-hydrogen) atoms. The van der Waals surface area contributed by atoms with Gasteiger partial charge < -0.3 is 20.2 Å². The molecular weight excluding hydrogens is 669 g/mol. The molecule has 0 unspecified atom stereocenters. The van der Waals surface area contributed by atoms with Crippen molar-refractivity contribution in [2.75, 3.05) is 31.1 Å². The molecule has 7 rings (SSSR count). The number of rotatable bonds is 10. The van der Waals surface area contributed by atoms with Gasteiger partial charge in [-0.15, -0.1) is 0 Å². The number of hydrogen-bond donors (Lipinski definition) is 2. The Labute approximate surface area is 317 Å². The maximum absolute atomic E-state index is 15.2. The van der Waals surface area contributed by atoms with E-state index in [0.717, 1.165) is 96.1 Å². The van der Waals surface area contributed by atoms with Crippen LogP contribution in [0.25, 0.3) is 37.5 Å². The van der Waals surface area contributed by atoms with Crippen LogP contribution in [-0.2, 0) is 0 Å². The molecule has 2 aliphatic rings. The van der Waals surface area contributed by atoms with Gasteiger partial charge in [0, 0.05) is 58.8 Å². The van der Waals surface area contributed by atoms with Crippen LogP contribution in [0.15, 0.2) is 108 Å². The molecule has 0 spiro atoms. The highest BCUT2D eigenvalue weighted by Crippen LogP contribution is 2.57. The second kappa shape index (κ2) is 15.0. The van der Waals surface area contributed by atoms with E-state index in [9.17, 15) is 15.5 Å². The SMILES string of the molecule is [C-]#[N+]/C(C#N)=C1C(c2c3ccccc3c(N(CCC)CCC)c3cccc(O)c23)=C([O-])C/1=C1\c2ccccc2C(=[N+](CCC)CCC)c2cccc(O)c21. The van der Waals surface area contributed by atoms with Gasteiger partial charge in [-0.3, -0.25) is 0 Å². The Bertz CT molecular complexity index is 2530. The molecule has 0 bridgehead atoms. The third kappa shape index (κ3) is 5.60. The summed E-state index contributed by atoms with van der Waals surface area (Å²) in [7, 11) is 0. The van der Waals surface area contributed by atoms with E-state index in [0.29, 0.717) is 22.1 Å². The van der Waals surface area contributed by atoms with Crippen LogP contribution >= 0.6 is 0 Å². The summed E-state index contributed by atoms with van der Waals surface area (Å²) < 4.78 is 2.35. The van der Waals surface area contributed by atoms with Gasteiger partial charge in [-0.1, -0.05) is 94.1 Å². The van der Waals surface area contributed by atoms with Gasteiger partial charge in [-0.05, 0) is 64.8 Å².